The molecule has 2 heterocycles. The van der Waals surface area contributed by atoms with Crippen molar-refractivity contribution in [2.24, 2.45) is 0 Å². The number of aromatic nitrogens is 1. The molecule has 2 aromatic rings. The van der Waals surface area contributed by atoms with Gasteiger partial charge in [0.1, 0.15) is 0 Å². The van der Waals surface area contributed by atoms with Crippen LogP contribution >= 0.6 is 0 Å². The van der Waals surface area contributed by atoms with Gasteiger partial charge in [-0.25, -0.2) is 8.42 Å². The molecular formula is C16H18N2O3S. The van der Waals surface area contributed by atoms with Crippen molar-refractivity contribution in [1.82, 2.24) is 10.3 Å². The summed E-state index contributed by atoms with van der Waals surface area (Å²) in [6.07, 6.45) is 2.37. The summed E-state index contributed by atoms with van der Waals surface area (Å²) >= 11 is 0. The van der Waals surface area contributed by atoms with Crippen LogP contribution in [0.1, 0.15) is 18.9 Å². The first kappa shape index (κ1) is 15.0. The quantitative estimate of drug-likeness (QED) is 0.930. The lowest BCUT2D eigenvalue weighted by atomic mass is 10.0. The molecule has 1 unspecified atom stereocenters. The summed E-state index contributed by atoms with van der Waals surface area (Å²) in [5, 5.41) is 3.87. The predicted octanol–water partition coefficient (Wildman–Crippen LogP) is 1.47. The lowest BCUT2D eigenvalue weighted by molar-refractivity contribution is -0.121. The molecule has 1 aromatic carbocycles. The number of amides is 1. The minimum atomic E-state index is -3.03. The second-order valence-corrected chi connectivity index (χ2v) is 8.30. The lowest BCUT2D eigenvalue weighted by Crippen LogP contribution is -2.47. The van der Waals surface area contributed by atoms with Gasteiger partial charge in [0.05, 0.1) is 29.0 Å². The number of hydrogen-bond donors (Lipinski definition) is 1. The number of para-hydroxylation sites is 1. The van der Waals surface area contributed by atoms with Crippen LogP contribution in [0.4, 0.5) is 0 Å². The van der Waals surface area contributed by atoms with Crippen LogP contribution in [0.3, 0.4) is 0 Å². The first-order valence-electron chi connectivity index (χ1n) is 7.21. The monoisotopic (exact) mass is 318 g/mol. The Labute approximate surface area is 129 Å². The second-order valence-electron chi connectivity index (χ2n) is 6.12. The van der Waals surface area contributed by atoms with E-state index in [1.165, 1.54) is 0 Å². The van der Waals surface area contributed by atoms with E-state index in [9.17, 15) is 13.2 Å². The molecule has 1 atom stereocenters. The number of sulfone groups is 1. The number of hydrogen-bond acceptors (Lipinski definition) is 4. The zero-order chi connectivity index (χ0) is 15.8. The summed E-state index contributed by atoms with van der Waals surface area (Å²) in [7, 11) is -3.03. The second kappa shape index (κ2) is 5.35. The fraction of sp³-hybridized carbons (Fsp3) is 0.375. The van der Waals surface area contributed by atoms with Crippen LogP contribution in [-0.2, 0) is 21.1 Å². The van der Waals surface area contributed by atoms with E-state index in [2.05, 4.69) is 10.3 Å². The van der Waals surface area contributed by atoms with Gasteiger partial charge in [-0.05, 0) is 25.0 Å². The summed E-state index contributed by atoms with van der Waals surface area (Å²) in [5.74, 6) is -0.0168. The van der Waals surface area contributed by atoms with Gasteiger partial charge in [0.2, 0.25) is 5.91 Å². The molecular weight excluding hydrogens is 300 g/mol. The molecule has 1 aliphatic heterocycles. The molecule has 0 aliphatic carbocycles. The molecule has 1 fully saturated rings. The van der Waals surface area contributed by atoms with Gasteiger partial charge in [0, 0.05) is 11.6 Å². The number of pyridine rings is 1. The highest BCUT2D eigenvalue weighted by atomic mass is 32.2. The van der Waals surface area contributed by atoms with Crippen molar-refractivity contribution in [3.8, 4) is 0 Å². The van der Waals surface area contributed by atoms with Gasteiger partial charge < -0.3 is 5.32 Å². The predicted molar refractivity (Wildman–Crippen MR) is 85.3 cm³/mol. The molecule has 0 radical (unpaired) electrons. The first-order chi connectivity index (χ1) is 10.4. The van der Waals surface area contributed by atoms with Crippen LogP contribution in [-0.4, -0.2) is 36.4 Å². The molecule has 6 heteroatoms. The van der Waals surface area contributed by atoms with Gasteiger partial charge in [0.15, 0.2) is 9.84 Å². The number of carbonyl (C=O) groups excluding carboxylic acids is 1. The highest BCUT2D eigenvalue weighted by molar-refractivity contribution is 7.91. The molecule has 0 bridgehead atoms. The normalized spacial score (nSPS) is 23.5. The number of nitrogens with one attached hydrogen (secondary N) is 1. The van der Waals surface area contributed by atoms with Gasteiger partial charge in [-0.3, -0.25) is 9.78 Å². The van der Waals surface area contributed by atoms with Crippen LogP contribution in [0, 0.1) is 0 Å². The molecule has 1 saturated heterocycles. The number of nitrogens with zero attached hydrogens (tertiary/aromatic N) is 1. The van der Waals surface area contributed by atoms with Gasteiger partial charge >= 0.3 is 0 Å². The van der Waals surface area contributed by atoms with E-state index in [1.54, 1.807) is 13.1 Å². The Hall–Kier alpha value is -1.95. The smallest absolute Gasteiger partial charge is 0.224 e. The number of fused-ring (bicyclic) bond motifs is 1. The van der Waals surface area contributed by atoms with Crippen molar-refractivity contribution in [3.63, 3.8) is 0 Å². The summed E-state index contributed by atoms with van der Waals surface area (Å²) < 4.78 is 23.2. The summed E-state index contributed by atoms with van der Waals surface area (Å²) in [4.78, 5) is 16.6. The SMILES string of the molecule is CC1(NC(=O)Cc2cccc3cccnc23)CCS(=O)(=O)C1. The zero-order valence-electron chi connectivity index (χ0n) is 12.4. The van der Waals surface area contributed by atoms with E-state index in [-0.39, 0.29) is 23.8 Å². The Morgan fingerprint density at radius 1 is 1.32 bits per heavy atom. The van der Waals surface area contributed by atoms with Crippen LogP contribution in [0.25, 0.3) is 10.9 Å². The third kappa shape index (κ3) is 3.11. The number of carbonyl (C=O) groups is 1. The van der Waals surface area contributed by atoms with E-state index < -0.39 is 15.4 Å². The number of benzene rings is 1. The number of rotatable bonds is 3. The molecule has 0 spiro atoms. The van der Waals surface area contributed by atoms with E-state index in [1.807, 2.05) is 30.3 Å². The van der Waals surface area contributed by atoms with Crippen molar-refractivity contribution in [2.75, 3.05) is 11.5 Å². The Morgan fingerprint density at radius 3 is 2.82 bits per heavy atom. The van der Waals surface area contributed by atoms with Crippen LogP contribution < -0.4 is 5.32 Å². The van der Waals surface area contributed by atoms with E-state index in [0.717, 1.165) is 16.5 Å². The topological polar surface area (TPSA) is 76.1 Å². The first-order valence-corrected chi connectivity index (χ1v) is 9.03. The summed E-state index contributed by atoms with van der Waals surface area (Å²) in [6.45, 7) is 1.79. The maximum atomic E-state index is 12.3. The maximum Gasteiger partial charge on any atom is 0.224 e. The fourth-order valence-electron chi connectivity index (χ4n) is 2.97. The lowest BCUT2D eigenvalue weighted by Gasteiger charge is -2.24. The Balaban J connectivity index is 1.77. The Bertz CT molecular complexity index is 827. The molecule has 1 aliphatic rings. The average Bonchev–Trinajstić information content (AvgIpc) is 2.72. The third-order valence-corrected chi connectivity index (χ3v) is 5.91. The standard InChI is InChI=1S/C16H18N2O3S/c1-16(7-9-22(20,21)11-16)18-14(19)10-13-5-2-4-12-6-3-8-17-15(12)13/h2-6,8H,7,9-11H2,1H3,(H,18,19). The largest absolute Gasteiger partial charge is 0.350 e. The van der Waals surface area contributed by atoms with Crippen LogP contribution in [0.15, 0.2) is 36.5 Å². The van der Waals surface area contributed by atoms with E-state index in [0.29, 0.717) is 6.42 Å². The fourth-order valence-corrected chi connectivity index (χ4v) is 5.07. The maximum absolute atomic E-state index is 12.3. The molecule has 1 N–H and O–H groups in total. The zero-order valence-corrected chi connectivity index (χ0v) is 13.2. The highest BCUT2D eigenvalue weighted by Crippen LogP contribution is 2.23. The van der Waals surface area contributed by atoms with E-state index >= 15 is 0 Å². The third-order valence-electron chi connectivity index (χ3n) is 4.01. The Kier molecular flexibility index (Phi) is 3.64. The average molecular weight is 318 g/mol. The van der Waals surface area contributed by atoms with E-state index in [4.69, 9.17) is 0 Å². The highest BCUT2D eigenvalue weighted by Gasteiger charge is 2.39. The summed E-state index contributed by atoms with van der Waals surface area (Å²) in [5.41, 5.74) is 0.998. The summed E-state index contributed by atoms with van der Waals surface area (Å²) in [6, 6.07) is 9.54. The van der Waals surface area contributed by atoms with Crippen molar-refractivity contribution in [2.45, 2.75) is 25.3 Å². The van der Waals surface area contributed by atoms with Gasteiger partial charge in [-0.2, -0.15) is 0 Å². The van der Waals surface area contributed by atoms with Crippen LogP contribution in [0.2, 0.25) is 0 Å². The molecule has 116 valence electrons. The minimum Gasteiger partial charge on any atom is -0.350 e. The van der Waals surface area contributed by atoms with Crippen molar-refractivity contribution < 1.29 is 13.2 Å². The van der Waals surface area contributed by atoms with Gasteiger partial charge in [0.25, 0.3) is 0 Å². The molecule has 1 amide bonds. The molecule has 22 heavy (non-hydrogen) atoms. The molecule has 5 nitrogen and oxygen atoms in total. The van der Waals surface area contributed by atoms with Gasteiger partial charge in [-0.15, -0.1) is 0 Å². The molecule has 3 rings (SSSR count). The van der Waals surface area contributed by atoms with Crippen molar-refractivity contribution >= 4 is 26.6 Å². The molecule has 1 aromatic heterocycles. The molecule has 0 saturated carbocycles. The van der Waals surface area contributed by atoms with Crippen molar-refractivity contribution in [1.29, 1.82) is 0 Å². The minimum absolute atomic E-state index is 0.0134. The van der Waals surface area contributed by atoms with Crippen LogP contribution in [0.5, 0.6) is 0 Å². The van der Waals surface area contributed by atoms with Crippen molar-refractivity contribution in [3.05, 3.63) is 42.1 Å². The Morgan fingerprint density at radius 2 is 2.09 bits per heavy atom. The van der Waals surface area contributed by atoms with Gasteiger partial charge in [-0.1, -0.05) is 24.3 Å².